The van der Waals surface area contributed by atoms with Gasteiger partial charge in [0.2, 0.25) is 5.91 Å². The minimum Gasteiger partial charge on any atom is -0.490 e. The summed E-state index contributed by atoms with van der Waals surface area (Å²) in [6.07, 6.45) is 2.28. The zero-order chi connectivity index (χ0) is 28.3. The second kappa shape index (κ2) is 11.3. The molecule has 7 nitrogen and oxygen atoms in total. The minimum atomic E-state index is -2.70. The lowest BCUT2D eigenvalue weighted by Crippen LogP contribution is -2.29. The maximum Gasteiger partial charge on any atom is 0.261 e. The van der Waals surface area contributed by atoms with Gasteiger partial charge in [-0.1, -0.05) is 18.7 Å². The average Bonchev–Trinajstić information content (AvgIpc) is 3.27. The number of amides is 1. The Morgan fingerprint density at radius 3 is 2.73 bits per heavy atom. The number of likely N-dealkylation sites (tertiary alicyclic amines) is 1. The third kappa shape index (κ3) is 6.20. The average molecular weight is 552 g/mol. The highest BCUT2D eigenvalue weighted by atomic mass is 19.3. The molecule has 5 rings (SSSR count). The van der Waals surface area contributed by atoms with Gasteiger partial charge in [0.25, 0.3) is 5.92 Å². The fraction of sp³-hybridized carbons (Fsp3) is 0.207. The quantitative estimate of drug-likeness (QED) is 0.192. The second-order valence-corrected chi connectivity index (χ2v) is 9.34. The van der Waals surface area contributed by atoms with Gasteiger partial charge < -0.3 is 15.4 Å². The molecule has 0 unspecified atom stereocenters. The number of hydrogen-bond acceptors (Lipinski definition) is 6. The monoisotopic (exact) mass is 551 g/mol. The van der Waals surface area contributed by atoms with Crippen molar-refractivity contribution in [3.05, 3.63) is 85.2 Å². The van der Waals surface area contributed by atoms with Crippen LogP contribution >= 0.6 is 0 Å². The van der Waals surface area contributed by atoms with E-state index in [4.69, 9.17) is 4.74 Å². The number of nitrogens with one attached hydrogen (secondary N) is 2. The van der Waals surface area contributed by atoms with Crippen LogP contribution in [0.15, 0.2) is 73.6 Å². The Bertz CT molecular complexity index is 1580. The van der Waals surface area contributed by atoms with Crippen molar-refractivity contribution < 1.29 is 27.1 Å². The van der Waals surface area contributed by atoms with E-state index in [9.17, 15) is 22.4 Å². The van der Waals surface area contributed by atoms with E-state index in [1.165, 1.54) is 18.5 Å². The van der Waals surface area contributed by atoms with Crippen LogP contribution in [0.25, 0.3) is 22.0 Å². The number of carbonyl (C=O) groups is 1. The molecule has 3 aromatic carbocycles. The molecule has 4 aromatic rings. The van der Waals surface area contributed by atoms with Crippen LogP contribution in [0.5, 0.6) is 5.75 Å². The summed E-state index contributed by atoms with van der Waals surface area (Å²) in [5.74, 6) is -3.79. The van der Waals surface area contributed by atoms with Crippen molar-refractivity contribution >= 4 is 34.0 Å². The third-order valence-electron chi connectivity index (χ3n) is 6.46. The van der Waals surface area contributed by atoms with Crippen molar-refractivity contribution in [2.45, 2.75) is 12.3 Å². The summed E-state index contributed by atoms with van der Waals surface area (Å²) in [6.45, 7) is 3.87. The first-order valence-corrected chi connectivity index (χ1v) is 12.5. The number of alkyl halides is 2. The standard InChI is InChI=1S/C29H25F4N5O2/c1-2-27(39)37-25-14-22-24(15-26(25)40-11-10-38-9-8-29(32,33)16-38)34-17-35-28(22)36-20-5-3-4-18(12-20)21-7-6-19(30)13-23(21)31/h2-7,12-15,17H,1,8-11,16H2,(H,37,39)(H,34,35,36). The van der Waals surface area contributed by atoms with Crippen LogP contribution in [0, 0.1) is 11.6 Å². The van der Waals surface area contributed by atoms with E-state index in [0.29, 0.717) is 46.0 Å². The van der Waals surface area contributed by atoms with E-state index >= 15 is 0 Å². The molecule has 0 saturated carbocycles. The van der Waals surface area contributed by atoms with E-state index in [-0.39, 0.29) is 31.7 Å². The first kappa shape index (κ1) is 27.1. The maximum atomic E-state index is 14.4. The van der Waals surface area contributed by atoms with Crippen molar-refractivity contribution in [1.29, 1.82) is 0 Å². The van der Waals surface area contributed by atoms with Gasteiger partial charge in [-0.05, 0) is 42.0 Å². The number of halogens is 4. The molecule has 0 spiro atoms. The number of rotatable bonds is 9. The van der Waals surface area contributed by atoms with Crippen LogP contribution in [-0.4, -0.2) is 52.9 Å². The summed E-state index contributed by atoms with van der Waals surface area (Å²) in [6, 6.07) is 13.5. The third-order valence-corrected chi connectivity index (χ3v) is 6.46. The van der Waals surface area contributed by atoms with Gasteiger partial charge in [0.1, 0.15) is 36.1 Å². The SMILES string of the molecule is C=CC(=O)Nc1cc2c(Nc3cccc(-c4ccc(F)cc4F)c3)ncnc2cc1OCCN1CCC(F)(F)C1. The zero-order valence-electron chi connectivity index (χ0n) is 21.3. The van der Waals surface area contributed by atoms with Crippen molar-refractivity contribution in [3.63, 3.8) is 0 Å². The minimum absolute atomic E-state index is 0.126. The number of fused-ring (bicyclic) bond motifs is 1. The molecule has 11 heteroatoms. The number of anilines is 3. The van der Waals surface area contributed by atoms with Crippen molar-refractivity contribution in [1.82, 2.24) is 14.9 Å². The molecule has 1 aliphatic rings. The Kier molecular flexibility index (Phi) is 7.65. The second-order valence-electron chi connectivity index (χ2n) is 9.34. The number of hydrogen-bond donors (Lipinski definition) is 2. The largest absolute Gasteiger partial charge is 0.490 e. The molecule has 0 bridgehead atoms. The number of nitrogens with zero attached hydrogens (tertiary/aromatic N) is 3. The molecule has 0 radical (unpaired) electrons. The normalized spacial score (nSPS) is 14.7. The van der Waals surface area contributed by atoms with Crippen LogP contribution in [-0.2, 0) is 4.79 Å². The smallest absolute Gasteiger partial charge is 0.261 e. The van der Waals surface area contributed by atoms with E-state index in [1.807, 2.05) is 0 Å². The van der Waals surface area contributed by atoms with Gasteiger partial charge in [-0.15, -0.1) is 0 Å². The summed E-state index contributed by atoms with van der Waals surface area (Å²) in [7, 11) is 0. The Morgan fingerprint density at radius 2 is 1.98 bits per heavy atom. The number of benzene rings is 3. The molecule has 1 amide bonds. The van der Waals surface area contributed by atoms with Gasteiger partial charge in [0, 0.05) is 48.3 Å². The summed E-state index contributed by atoms with van der Waals surface area (Å²) < 4.78 is 60.6. The highest BCUT2D eigenvalue weighted by Crippen LogP contribution is 2.34. The summed E-state index contributed by atoms with van der Waals surface area (Å²) >= 11 is 0. The molecular weight excluding hydrogens is 526 g/mol. The zero-order valence-corrected chi connectivity index (χ0v) is 21.3. The van der Waals surface area contributed by atoms with Gasteiger partial charge >= 0.3 is 0 Å². The molecule has 2 N–H and O–H groups in total. The molecule has 2 heterocycles. The highest BCUT2D eigenvalue weighted by molar-refractivity contribution is 6.03. The number of aromatic nitrogens is 2. The molecule has 1 fully saturated rings. The van der Waals surface area contributed by atoms with Gasteiger partial charge in [-0.2, -0.15) is 0 Å². The Morgan fingerprint density at radius 1 is 1.12 bits per heavy atom. The molecule has 0 atom stereocenters. The predicted molar refractivity (Wildman–Crippen MR) is 145 cm³/mol. The van der Waals surface area contributed by atoms with Crippen molar-refractivity contribution in [3.8, 4) is 16.9 Å². The van der Waals surface area contributed by atoms with Gasteiger partial charge in [-0.25, -0.2) is 27.5 Å². The summed E-state index contributed by atoms with van der Waals surface area (Å²) in [4.78, 5) is 22.4. The van der Waals surface area contributed by atoms with Gasteiger partial charge in [0.05, 0.1) is 17.7 Å². The molecule has 1 saturated heterocycles. The van der Waals surface area contributed by atoms with E-state index in [1.54, 1.807) is 41.3 Å². The number of ether oxygens (including phenoxy) is 1. The molecular formula is C29H25F4N5O2. The highest BCUT2D eigenvalue weighted by Gasteiger charge is 2.37. The lowest BCUT2D eigenvalue weighted by molar-refractivity contribution is -0.111. The molecule has 40 heavy (non-hydrogen) atoms. The Balaban J connectivity index is 1.42. The van der Waals surface area contributed by atoms with Crippen LogP contribution in [0.3, 0.4) is 0 Å². The van der Waals surface area contributed by atoms with E-state index in [2.05, 4.69) is 27.2 Å². The van der Waals surface area contributed by atoms with Gasteiger partial charge in [-0.3, -0.25) is 9.69 Å². The predicted octanol–water partition coefficient (Wildman–Crippen LogP) is 6.16. The molecule has 1 aliphatic heterocycles. The Hall–Kier alpha value is -4.51. The lowest BCUT2D eigenvalue weighted by atomic mass is 10.0. The van der Waals surface area contributed by atoms with Crippen LogP contribution in [0.1, 0.15) is 6.42 Å². The van der Waals surface area contributed by atoms with Crippen LogP contribution in [0.4, 0.5) is 34.8 Å². The Labute approximate surface area is 227 Å². The van der Waals surface area contributed by atoms with Crippen LogP contribution in [0.2, 0.25) is 0 Å². The first-order chi connectivity index (χ1) is 19.2. The van der Waals surface area contributed by atoms with E-state index in [0.717, 1.165) is 12.1 Å². The molecule has 0 aliphatic carbocycles. The van der Waals surface area contributed by atoms with Crippen molar-refractivity contribution in [2.75, 3.05) is 36.9 Å². The fourth-order valence-corrected chi connectivity index (χ4v) is 4.49. The van der Waals surface area contributed by atoms with E-state index < -0.39 is 23.5 Å². The molecule has 1 aromatic heterocycles. The van der Waals surface area contributed by atoms with Crippen LogP contribution < -0.4 is 15.4 Å². The maximum absolute atomic E-state index is 14.4. The first-order valence-electron chi connectivity index (χ1n) is 12.5. The molecule has 206 valence electrons. The summed E-state index contributed by atoms with van der Waals surface area (Å²) in [5, 5.41) is 6.44. The topological polar surface area (TPSA) is 79.4 Å². The summed E-state index contributed by atoms with van der Waals surface area (Å²) in [5.41, 5.74) is 2.18. The lowest BCUT2D eigenvalue weighted by Gasteiger charge is -2.18. The fourth-order valence-electron chi connectivity index (χ4n) is 4.49. The van der Waals surface area contributed by atoms with Crippen molar-refractivity contribution in [2.24, 2.45) is 0 Å². The number of carbonyl (C=O) groups excluding carboxylic acids is 1. The van der Waals surface area contributed by atoms with Gasteiger partial charge in [0.15, 0.2) is 0 Å².